The zero-order valence-corrected chi connectivity index (χ0v) is 23.5. The van der Waals surface area contributed by atoms with E-state index in [0.29, 0.717) is 37.6 Å². The third kappa shape index (κ3) is 9.25. The minimum atomic E-state index is -1.03. The zero-order chi connectivity index (χ0) is 26.6. The number of benzene rings is 3. The van der Waals surface area contributed by atoms with Gasteiger partial charge in [0.2, 0.25) is 0 Å². The fraction of sp³-hybridized carbons (Fsp3) is 0.333. The minimum absolute atomic E-state index is 0. The summed E-state index contributed by atoms with van der Waals surface area (Å²) in [5, 5.41) is 12.3. The standard InChI is InChI=1S/C30H35NO5S.Li.H/c1-4-15-36-24-10-7-9-22(17-24)19-35-20-23-12-13-26(27(18-23)25-11-6-5-8-21(25)2)29(32)31-28(30(33)34)14-16-37-3;;/h5-13,17-18,28H,4,14-16,19-20H2,1-3H3,(H,31,32)(H,33,34);;/q;+1;-1. The summed E-state index contributed by atoms with van der Waals surface area (Å²) in [6.45, 7) is 5.54. The molecule has 38 heavy (non-hydrogen) atoms. The fourth-order valence-electron chi connectivity index (χ4n) is 3.94. The van der Waals surface area contributed by atoms with Gasteiger partial charge in [-0.15, -0.1) is 0 Å². The van der Waals surface area contributed by atoms with Crippen molar-refractivity contribution in [1.82, 2.24) is 5.32 Å². The van der Waals surface area contributed by atoms with Crippen molar-refractivity contribution >= 4 is 23.6 Å². The normalized spacial score (nSPS) is 11.3. The number of aryl methyl sites for hydroxylation is 1. The molecule has 3 aromatic carbocycles. The molecule has 0 bridgehead atoms. The molecular formula is C30H36LiNO5S. The molecule has 0 spiro atoms. The Morgan fingerprint density at radius 2 is 1.74 bits per heavy atom. The molecule has 0 saturated heterocycles. The van der Waals surface area contributed by atoms with Gasteiger partial charge in [0.25, 0.3) is 5.91 Å². The first-order valence-electron chi connectivity index (χ1n) is 12.4. The SMILES string of the molecule is CCCOc1cccc(COCc2ccc(C(=O)NC(CCSC)C(=O)O)c(-c3ccccc3C)c2)c1.[H-].[Li+]. The molecule has 1 amide bonds. The Morgan fingerprint density at radius 1 is 1.00 bits per heavy atom. The van der Waals surface area contributed by atoms with E-state index < -0.39 is 17.9 Å². The predicted octanol–water partition coefficient (Wildman–Crippen LogP) is 3.22. The second-order valence-corrected chi connectivity index (χ2v) is 9.81. The molecule has 0 aliphatic rings. The molecule has 3 aromatic rings. The van der Waals surface area contributed by atoms with Gasteiger partial charge in [-0.1, -0.05) is 49.4 Å². The maximum atomic E-state index is 13.2. The molecule has 0 aliphatic heterocycles. The molecular weight excluding hydrogens is 493 g/mol. The topological polar surface area (TPSA) is 84.9 Å². The smallest absolute Gasteiger partial charge is 1.00 e. The van der Waals surface area contributed by atoms with Gasteiger partial charge in [-0.25, -0.2) is 4.79 Å². The number of nitrogens with one attached hydrogen (secondary N) is 1. The van der Waals surface area contributed by atoms with Crippen LogP contribution in [0.15, 0.2) is 66.7 Å². The van der Waals surface area contributed by atoms with E-state index in [4.69, 9.17) is 9.47 Å². The van der Waals surface area contributed by atoms with Crippen LogP contribution in [-0.4, -0.2) is 41.6 Å². The molecule has 0 saturated carbocycles. The van der Waals surface area contributed by atoms with Crippen LogP contribution in [0.2, 0.25) is 0 Å². The van der Waals surface area contributed by atoms with E-state index in [-0.39, 0.29) is 20.3 Å². The Hall–Kier alpha value is -2.69. The predicted molar refractivity (Wildman–Crippen MR) is 150 cm³/mol. The van der Waals surface area contributed by atoms with Crippen LogP contribution >= 0.6 is 11.8 Å². The first-order valence-corrected chi connectivity index (χ1v) is 13.8. The van der Waals surface area contributed by atoms with Crippen LogP contribution in [0.5, 0.6) is 5.75 Å². The molecule has 6 nitrogen and oxygen atoms in total. The van der Waals surface area contributed by atoms with Gasteiger partial charge in [-0.2, -0.15) is 11.8 Å². The van der Waals surface area contributed by atoms with E-state index in [9.17, 15) is 14.7 Å². The van der Waals surface area contributed by atoms with Crippen molar-refractivity contribution in [2.45, 2.75) is 45.9 Å². The molecule has 8 heteroatoms. The molecule has 0 aliphatic carbocycles. The number of carboxylic acid groups (broad SMARTS) is 1. The van der Waals surface area contributed by atoms with Crippen molar-refractivity contribution in [2.24, 2.45) is 0 Å². The van der Waals surface area contributed by atoms with Crippen LogP contribution in [-0.2, 0) is 22.7 Å². The molecule has 0 heterocycles. The summed E-state index contributed by atoms with van der Waals surface area (Å²) in [6.07, 6.45) is 3.22. The van der Waals surface area contributed by atoms with Crippen molar-refractivity contribution in [3.05, 3.63) is 89.0 Å². The van der Waals surface area contributed by atoms with E-state index in [1.165, 1.54) is 0 Å². The third-order valence-corrected chi connectivity index (χ3v) is 6.53. The summed E-state index contributed by atoms with van der Waals surface area (Å²) in [5.41, 5.74) is 5.08. The second kappa shape index (κ2) is 16.3. The monoisotopic (exact) mass is 529 g/mol. The molecule has 0 radical (unpaired) electrons. The maximum Gasteiger partial charge on any atom is 1.00 e. The second-order valence-electron chi connectivity index (χ2n) is 8.83. The number of hydrogen-bond acceptors (Lipinski definition) is 5. The number of carbonyl (C=O) groups excluding carboxylic acids is 1. The Kier molecular flexibility index (Phi) is 13.5. The number of aliphatic carboxylic acids is 1. The average molecular weight is 530 g/mol. The Labute approximate surface area is 243 Å². The summed E-state index contributed by atoms with van der Waals surface area (Å²) >= 11 is 1.55. The first-order chi connectivity index (χ1) is 17.9. The quantitative estimate of drug-likeness (QED) is 0.312. The van der Waals surface area contributed by atoms with Gasteiger partial charge in [0.15, 0.2) is 0 Å². The largest absolute Gasteiger partial charge is 1.00 e. The maximum absolute atomic E-state index is 13.2. The number of carbonyl (C=O) groups is 2. The third-order valence-electron chi connectivity index (χ3n) is 5.89. The zero-order valence-electron chi connectivity index (χ0n) is 23.7. The van der Waals surface area contributed by atoms with Crippen molar-refractivity contribution in [3.63, 3.8) is 0 Å². The van der Waals surface area contributed by atoms with Crippen LogP contribution in [0.3, 0.4) is 0 Å². The first kappa shape index (κ1) is 31.5. The minimum Gasteiger partial charge on any atom is -1.00 e. The number of ether oxygens (including phenoxy) is 2. The van der Waals surface area contributed by atoms with Gasteiger partial charge in [-0.3, -0.25) is 4.79 Å². The van der Waals surface area contributed by atoms with E-state index in [0.717, 1.165) is 40.0 Å². The molecule has 1 atom stereocenters. The number of amides is 1. The van der Waals surface area contributed by atoms with Crippen molar-refractivity contribution in [3.8, 4) is 16.9 Å². The molecule has 3 rings (SSSR count). The Balaban J connectivity index is 0.00000380. The number of carboxylic acids is 1. The summed E-state index contributed by atoms with van der Waals surface area (Å²) in [6, 6.07) is 20.3. The molecule has 1 unspecified atom stereocenters. The van der Waals surface area contributed by atoms with E-state index >= 15 is 0 Å². The van der Waals surface area contributed by atoms with Gasteiger partial charge >= 0.3 is 24.8 Å². The van der Waals surface area contributed by atoms with Gasteiger partial charge in [0.05, 0.1) is 19.8 Å². The van der Waals surface area contributed by atoms with Crippen LogP contribution < -0.4 is 28.9 Å². The van der Waals surface area contributed by atoms with Gasteiger partial charge in [0, 0.05) is 5.56 Å². The number of rotatable bonds is 14. The molecule has 198 valence electrons. The van der Waals surface area contributed by atoms with Crippen LogP contribution in [0, 0.1) is 6.92 Å². The van der Waals surface area contributed by atoms with Crippen LogP contribution in [0.25, 0.3) is 11.1 Å². The van der Waals surface area contributed by atoms with Crippen molar-refractivity contribution in [1.29, 1.82) is 0 Å². The number of hydrogen-bond donors (Lipinski definition) is 2. The molecule has 2 N–H and O–H groups in total. The Bertz CT molecular complexity index is 1210. The molecule has 0 aromatic heterocycles. The van der Waals surface area contributed by atoms with Gasteiger partial charge in [0.1, 0.15) is 11.8 Å². The van der Waals surface area contributed by atoms with Crippen LogP contribution in [0.4, 0.5) is 0 Å². The average Bonchev–Trinajstić information content (AvgIpc) is 2.90. The fourth-order valence-corrected chi connectivity index (χ4v) is 4.41. The summed E-state index contributed by atoms with van der Waals surface area (Å²) in [5.74, 6) is 0.0423. The van der Waals surface area contributed by atoms with Gasteiger partial charge in [-0.05, 0) is 83.9 Å². The van der Waals surface area contributed by atoms with Gasteiger partial charge < -0.3 is 21.3 Å². The Morgan fingerprint density at radius 3 is 2.42 bits per heavy atom. The summed E-state index contributed by atoms with van der Waals surface area (Å²) in [4.78, 5) is 24.9. The van der Waals surface area contributed by atoms with Crippen molar-refractivity contribution < 1.29 is 44.5 Å². The number of thioether (sulfide) groups is 1. The summed E-state index contributed by atoms with van der Waals surface area (Å²) in [7, 11) is 0. The molecule has 0 fully saturated rings. The van der Waals surface area contributed by atoms with E-state index in [1.54, 1.807) is 17.8 Å². The summed E-state index contributed by atoms with van der Waals surface area (Å²) < 4.78 is 11.7. The van der Waals surface area contributed by atoms with Crippen molar-refractivity contribution in [2.75, 3.05) is 18.6 Å². The van der Waals surface area contributed by atoms with Crippen LogP contribution in [0.1, 0.15) is 48.2 Å². The van der Waals surface area contributed by atoms with E-state index in [1.807, 2.05) is 73.8 Å². The van der Waals surface area contributed by atoms with E-state index in [2.05, 4.69) is 12.2 Å².